The van der Waals surface area contributed by atoms with Gasteiger partial charge >= 0.3 is 6.61 Å². The molecule has 6 nitrogen and oxygen atoms in total. The number of ether oxygens (including phenoxy) is 1. The first-order chi connectivity index (χ1) is 15.9. The highest BCUT2D eigenvalue weighted by Gasteiger charge is 2.17. The highest BCUT2D eigenvalue weighted by molar-refractivity contribution is 7.99. The van der Waals surface area contributed by atoms with Crippen LogP contribution in [0.15, 0.2) is 82.7 Å². The number of hydrogen-bond donors (Lipinski definition) is 1. The Kier molecular flexibility index (Phi) is 6.90. The topological polar surface area (TPSA) is 73.2 Å². The average Bonchev–Trinajstić information content (AvgIpc) is 2.80. The van der Waals surface area contributed by atoms with Crippen molar-refractivity contribution in [3.63, 3.8) is 0 Å². The van der Waals surface area contributed by atoms with Crippen molar-refractivity contribution in [2.24, 2.45) is 0 Å². The molecule has 0 fully saturated rings. The Morgan fingerprint density at radius 1 is 1.06 bits per heavy atom. The lowest BCUT2D eigenvalue weighted by atomic mass is 10.2. The normalized spacial score (nSPS) is 11.0. The minimum Gasteiger partial charge on any atom is -0.433 e. The van der Waals surface area contributed by atoms with E-state index >= 15 is 0 Å². The standard InChI is InChI=1S/C23H16ClF2N3O3S/c24-15-8-2-5-11-18(15)29-21(31)14-7-1-3-9-16(14)28-23(29)33-13-20(30)27-17-10-4-6-12-19(17)32-22(25)26/h1-12,22H,13H2,(H,27,30). The maximum Gasteiger partial charge on any atom is 0.387 e. The molecule has 10 heteroatoms. The number of carbonyl (C=O) groups is 1. The molecule has 0 saturated carbocycles. The van der Waals surface area contributed by atoms with E-state index in [1.165, 1.54) is 22.8 Å². The molecule has 1 heterocycles. The fourth-order valence-electron chi connectivity index (χ4n) is 3.14. The number of nitrogens with zero attached hydrogens (tertiary/aromatic N) is 2. The van der Waals surface area contributed by atoms with Crippen LogP contribution in [-0.4, -0.2) is 27.8 Å². The summed E-state index contributed by atoms with van der Waals surface area (Å²) >= 11 is 7.35. The Hall–Kier alpha value is -3.43. The number of hydrogen-bond acceptors (Lipinski definition) is 5. The van der Waals surface area contributed by atoms with Crippen molar-refractivity contribution in [2.45, 2.75) is 11.8 Å². The molecule has 0 unspecified atom stereocenters. The summed E-state index contributed by atoms with van der Waals surface area (Å²) in [5.41, 5.74) is 0.691. The lowest BCUT2D eigenvalue weighted by Gasteiger charge is -2.15. The fourth-order valence-corrected chi connectivity index (χ4v) is 4.17. The molecule has 0 atom stereocenters. The number of thioether (sulfide) groups is 1. The number of para-hydroxylation sites is 4. The van der Waals surface area contributed by atoms with Crippen LogP contribution in [-0.2, 0) is 4.79 Å². The van der Waals surface area contributed by atoms with Gasteiger partial charge in [0.25, 0.3) is 5.56 Å². The Balaban J connectivity index is 1.64. The quantitative estimate of drug-likeness (QED) is 0.280. The smallest absolute Gasteiger partial charge is 0.387 e. The molecule has 0 spiro atoms. The third-order valence-corrected chi connectivity index (χ3v) is 5.81. The fraction of sp³-hybridized carbons (Fsp3) is 0.0870. The number of halogens is 3. The Morgan fingerprint density at radius 2 is 1.76 bits per heavy atom. The molecule has 0 saturated heterocycles. The van der Waals surface area contributed by atoms with Crippen molar-refractivity contribution in [1.29, 1.82) is 0 Å². The molecule has 0 radical (unpaired) electrons. The third-order valence-electron chi connectivity index (χ3n) is 4.55. The summed E-state index contributed by atoms with van der Waals surface area (Å²) in [7, 11) is 0. The van der Waals surface area contributed by atoms with Crippen molar-refractivity contribution < 1.29 is 18.3 Å². The SMILES string of the molecule is O=C(CSc1nc2ccccc2c(=O)n1-c1ccccc1Cl)Nc1ccccc1OC(F)F. The van der Waals surface area contributed by atoms with Gasteiger partial charge in [-0.3, -0.25) is 14.2 Å². The van der Waals surface area contributed by atoms with Gasteiger partial charge in [-0.2, -0.15) is 8.78 Å². The van der Waals surface area contributed by atoms with Gasteiger partial charge in [0.1, 0.15) is 5.75 Å². The van der Waals surface area contributed by atoms with E-state index in [-0.39, 0.29) is 27.9 Å². The van der Waals surface area contributed by atoms with E-state index in [0.29, 0.717) is 21.6 Å². The maximum atomic E-state index is 13.2. The summed E-state index contributed by atoms with van der Waals surface area (Å²) in [6.45, 7) is -3.02. The predicted octanol–water partition coefficient (Wildman–Crippen LogP) is 5.37. The van der Waals surface area contributed by atoms with Gasteiger partial charge in [0.2, 0.25) is 5.91 Å². The van der Waals surface area contributed by atoms with Gasteiger partial charge in [-0.1, -0.05) is 59.8 Å². The number of fused-ring (bicyclic) bond motifs is 1. The number of alkyl halides is 2. The van der Waals surface area contributed by atoms with Gasteiger partial charge < -0.3 is 10.1 Å². The van der Waals surface area contributed by atoms with Gasteiger partial charge in [-0.15, -0.1) is 0 Å². The van der Waals surface area contributed by atoms with Gasteiger partial charge in [0.15, 0.2) is 5.16 Å². The third kappa shape index (κ3) is 5.15. The number of carbonyl (C=O) groups excluding carboxylic acids is 1. The molecule has 3 aromatic carbocycles. The molecule has 0 bridgehead atoms. The molecule has 0 aliphatic rings. The van der Waals surface area contributed by atoms with E-state index in [0.717, 1.165) is 11.8 Å². The van der Waals surface area contributed by atoms with Crippen LogP contribution in [0.4, 0.5) is 14.5 Å². The monoisotopic (exact) mass is 487 g/mol. The van der Waals surface area contributed by atoms with E-state index in [4.69, 9.17) is 11.6 Å². The Bertz CT molecular complexity index is 1380. The van der Waals surface area contributed by atoms with Gasteiger partial charge in [0, 0.05) is 0 Å². The van der Waals surface area contributed by atoms with Crippen LogP contribution in [0, 0.1) is 0 Å². The van der Waals surface area contributed by atoms with Gasteiger partial charge in [-0.05, 0) is 36.4 Å². The van der Waals surface area contributed by atoms with Gasteiger partial charge in [-0.25, -0.2) is 4.98 Å². The average molecular weight is 488 g/mol. The summed E-state index contributed by atoms with van der Waals surface area (Å²) in [6, 6.07) is 19.6. The molecule has 1 aromatic heterocycles. The number of aromatic nitrogens is 2. The Labute approximate surface area is 196 Å². The largest absolute Gasteiger partial charge is 0.433 e. The second-order valence-corrected chi connectivity index (χ2v) is 8.06. The van der Waals surface area contributed by atoms with Crippen molar-refractivity contribution in [1.82, 2.24) is 9.55 Å². The highest BCUT2D eigenvalue weighted by atomic mass is 35.5. The van der Waals surface area contributed by atoms with Crippen molar-refractivity contribution in [3.8, 4) is 11.4 Å². The lowest BCUT2D eigenvalue weighted by molar-refractivity contribution is -0.113. The van der Waals surface area contributed by atoms with Crippen LogP contribution in [0.25, 0.3) is 16.6 Å². The van der Waals surface area contributed by atoms with Crippen LogP contribution in [0.3, 0.4) is 0 Å². The minimum absolute atomic E-state index is 0.110. The summed E-state index contributed by atoms with van der Waals surface area (Å²) in [5.74, 6) is -0.779. The predicted molar refractivity (Wildman–Crippen MR) is 125 cm³/mol. The van der Waals surface area contributed by atoms with Crippen LogP contribution in [0.2, 0.25) is 5.02 Å². The first kappa shape index (κ1) is 22.8. The maximum absolute atomic E-state index is 13.2. The summed E-state index contributed by atoms with van der Waals surface area (Å²) < 4.78 is 31.0. The molecule has 33 heavy (non-hydrogen) atoms. The number of rotatable bonds is 7. The zero-order chi connectivity index (χ0) is 23.4. The first-order valence-corrected chi connectivity index (χ1v) is 11.0. The summed E-state index contributed by atoms with van der Waals surface area (Å²) in [6.07, 6.45) is 0. The summed E-state index contributed by atoms with van der Waals surface area (Å²) in [5, 5.41) is 3.57. The number of amides is 1. The molecule has 4 aromatic rings. The van der Waals surface area contributed by atoms with Crippen molar-refractivity contribution in [3.05, 3.63) is 88.2 Å². The molecule has 0 aliphatic heterocycles. The second-order valence-electron chi connectivity index (χ2n) is 6.72. The van der Waals surface area contributed by atoms with Crippen LogP contribution >= 0.6 is 23.4 Å². The van der Waals surface area contributed by atoms with E-state index in [9.17, 15) is 18.4 Å². The molecule has 168 valence electrons. The lowest BCUT2D eigenvalue weighted by Crippen LogP contribution is -2.23. The second kappa shape index (κ2) is 10.0. The Morgan fingerprint density at radius 3 is 2.55 bits per heavy atom. The van der Waals surface area contributed by atoms with E-state index in [1.807, 2.05) is 0 Å². The van der Waals surface area contributed by atoms with Crippen molar-refractivity contribution >= 4 is 45.9 Å². The number of anilines is 1. The molecular formula is C23H16ClF2N3O3S. The molecule has 1 amide bonds. The molecule has 0 aliphatic carbocycles. The zero-order valence-corrected chi connectivity index (χ0v) is 18.4. The van der Waals surface area contributed by atoms with Crippen molar-refractivity contribution in [2.75, 3.05) is 11.1 Å². The summed E-state index contributed by atoms with van der Waals surface area (Å²) in [4.78, 5) is 30.4. The molecular weight excluding hydrogens is 472 g/mol. The first-order valence-electron chi connectivity index (χ1n) is 9.67. The molecule has 1 N–H and O–H groups in total. The molecule has 4 rings (SSSR count). The van der Waals surface area contributed by atoms with Crippen LogP contribution in [0.1, 0.15) is 0 Å². The van der Waals surface area contributed by atoms with Crippen LogP contribution < -0.4 is 15.6 Å². The van der Waals surface area contributed by atoms with Crippen LogP contribution in [0.5, 0.6) is 5.75 Å². The number of benzene rings is 3. The highest BCUT2D eigenvalue weighted by Crippen LogP contribution is 2.28. The van der Waals surface area contributed by atoms with E-state index in [1.54, 1.807) is 54.6 Å². The zero-order valence-electron chi connectivity index (χ0n) is 16.9. The van der Waals surface area contributed by atoms with E-state index < -0.39 is 12.5 Å². The van der Waals surface area contributed by atoms with E-state index in [2.05, 4.69) is 15.0 Å². The number of nitrogens with one attached hydrogen (secondary N) is 1. The minimum atomic E-state index is -3.02. The van der Waals surface area contributed by atoms with Gasteiger partial charge in [0.05, 0.1) is 33.1 Å².